The molecular weight excluding hydrogens is 605 g/mol. The third-order valence-corrected chi connectivity index (χ3v) is 9.46. The van der Waals surface area contributed by atoms with E-state index in [0.717, 1.165) is 16.3 Å². The lowest BCUT2D eigenvalue weighted by Gasteiger charge is -2.33. The molecule has 0 spiro atoms. The van der Waals surface area contributed by atoms with E-state index in [0.29, 0.717) is 39.2 Å². The number of hydrogen-bond donors (Lipinski definition) is 1. The summed E-state index contributed by atoms with van der Waals surface area (Å²) in [5.41, 5.74) is 2.22. The van der Waals surface area contributed by atoms with Crippen molar-refractivity contribution in [1.82, 2.24) is 10.2 Å². The molecule has 3 aromatic carbocycles. The predicted molar refractivity (Wildman–Crippen MR) is 166 cm³/mol. The molecule has 1 N–H and O–H groups in total. The van der Waals surface area contributed by atoms with Gasteiger partial charge < -0.3 is 10.2 Å². The van der Waals surface area contributed by atoms with Crippen LogP contribution in [0.1, 0.15) is 43.4 Å². The molecule has 0 bridgehead atoms. The van der Waals surface area contributed by atoms with E-state index in [-0.39, 0.29) is 23.0 Å². The van der Waals surface area contributed by atoms with Crippen LogP contribution in [0.2, 0.25) is 15.1 Å². The van der Waals surface area contributed by atoms with Gasteiger partial charge in [0.2, 0.25) is 11.8 Å². The van der Waals surface area contributed by atoms with Gasteiger partial charge in [-0.15, -0.1) is 0 Å². The Morgan fingerprint density at radius 3 is 2.22 bits per heavy atom. The smallest absolute Gasteiger partial charge is 0.264 e. The largest absolute Gasteiger partial charge is 0.354 e. The van der Waals surface area contributed by atoms with Crippen molar-refractivity contribution in [3.8, 4) is 0 Å². The number of nitrogens with one attached hydrogen (secondary N) is 1. The summed E-state index contributed by atoms with van der Waals surface area (Å²) in [6, 6.07) is 15.3. The Labute approximate surface area is 257 Å². The number of benzene rings is 3. The summed E-state index contributed by atoms with van der Waals surface area (Å²) >= 11 is 18.9. The molecule has 0 saturated heterocycles. The molecule has 0 unspecified atom stereocenters. The van der Waals surface area contributed by atoms with Crippen molar-refractivity contribution in [2.75, 3.05) is 17.4 Å². The highest BCUT2D eigenvalue weighted by Crippen LogP contribution is 2.32. The first-order chi connectivity index (χ1) is 19.4. The highest BCUT2D eigenvalue weighted by Gasteiger charge is 2.34. The van der Waals surface area contributed by atoms with Gasteiger partial charge in [0.05, 0.1) is 10.6 Å². The second-order valence-electron chi connectivity index (χ2n) is 9.68. The fourth-order valence-corrected chi connectivity index (χ4v) is 6.45. The number of carbonyl (C=O) groups excluding carboxylic acids is 2. The Kier molecular flexibility index (Phi) is 11.5. The molecule has 220 valence electrons. The van der Waals surface area contributed by atoms with Crippen LogP contribution < -0.4 is 9.62 Å². The van der Waals surface area contributed by atoms with Crippen LogP contribution in [-0.2, 0) is 26.2 Å². The fourth-order valence-electron chi connectivity index (χ4n) is 4.34. The van der Waals surface area contributed by atoms with E-state index in [4.69, 9.17) is 34.8 Å². The van der Waals surface area contributed by atoms with E-state index in [1.54, 1.807) is 62.4 Å². The number of sulfonamides is 1. The van der Waals surface area contributed by atoms with Crippen molar-refractivity contribution >= 4 is 62.3 Å². The molecule has 3 rings (SSSR count). The molecule has 0 heterocycles. The Balaban J connectivity index is 2.12. The molecule has 0 aliphatic rings. The van der Waals surface area contributed by atoms with Crippen molar-refractivity contribution in [2.24, 2.45) is 0 Å². The van der Waals surface area contributed by atoms with Crippen LogP contribution in [0.4, 0.5) is 5.69 Å². The summed E-state index contributed by atoms with van der Waals surface area (Å²) in [6.07, 6.45) is 1.02. The first-order valence-electron chi connectivity index (χ1n) is 13.3. The number of anilines is 1. The maximum atomic E-state index is 14.2. The summed E-state index contributed by atoms with van der Waals surface area (Å²) in [5.74, 6) is -0.913. The van der Waals surface area contributed by atoms with Gasteiger partial charge in [0.1, 0.15) is 12.6 Å². The number of rotatable bonds is 12. The average molecular weight is 639 g/mol. The second kappa shape index (κ2) is 14.4. The van der Waals surface area contributed by atoms with Crippen molar-refractivity contribution in [3.05, 3.63) is 92.4 Å². The van der Waals surface area contributed by atoms with Crippen LogP contribution in [0.15, 0.2) is 65.6 Å². The van der Waals surface area contributed by atoms with Gasteiger partial charge in [0.15, 0.2) is 0 Å². The third kappa shape index (κ3) is 7.95. The Morgan fingerprint density at radius 1 is 0.927 bits per heavy atom. The molecule has 11 heteroatoms. The molecule has 0 aliphatic heterocycles. The van der Waals surface area contributed by atoms with Crippen molar-refractivity contribution in [2.45, 2.75) is 58.0 Å². The number of hydrogen-bond acceptors (Lipinski definition) is 4. The van der Waals surface area contributed by atoms with Crippen LogP contribution >= 0.6 is 34.8 Å². The number of carbonyl (C=O) groups is 2. The summed E-state index contributed by atoms with van der Waals surface area (Å²) < 4.78 is 29.1. The second-order valence-corrected chi connectivity index (χ2v) is 12.8. The van der Waals surface area contributed by atoms with Gasteiger partial charge in [-0.25, -0.2) is 8.42 Å². The third-order valence-electron chi connectivity index (χ3n) is 6.69. The van der Waals surface area contributed by atoms with Gasteiger partial charge in [-0.3, -0.25) is 13.9 Å². The van der Waals surface area contributed by atoms with E-state index in [1.807, 2.05) is 13.8 Å². The minimum Gasteiger partial charge on any atom is -0.354 e. The van der Waals surface area contributed by atoms with Gasteiger partial charge in [-0.05, 0) is 74.2 Å². The summed E-state index contributed by atoms with van der Waals surface area (Å²) in [7, 11) is -4.21. The zero-order chi connectivity index (χ0) is 30.3. The Morgan fingerprint density at radius 2 is 1.61 bits per heavy atom. The van der Waals surface area contributed by atoms with E-state index in [1.165, 1.54) is 17.0 Å². The molecule has 3 aromatic rings. The zero-order valence-electron chi connectivity index (χ0n) is 23.5. The first kappa shape index (κ1) is 32.7. The van der Waals surface area contributed by atoms with E-state index >= 15 is 0 Å². The van der Waals surface area contributed by atoms with Gasteiger partial charge in [-0.1, -0.05) is 78.5 Å². The fraction of sp³-hybridized carbons (Fsp3) is 0.333. The summed E-state index contributed by atoms with van der Waals surface area (Å²) in [4.78, 5) is 28.8. The van der Waals surface area contributed by atoms with Crippen molar-refractivity contribution in [1.29, 1.82) is 0 Å². The maximum absolute atomic E-state index is 14.2. The SMILES string of the molecule is CCCNC(=O)[C@H](CC)N(Cc1ccc(Cl)cc1Cl)C(=O)CN(c1cccc(Cl)c1C)S(=O)(=O)c1ccc(C)cc1. The highest BCUT2D eigenvalue weighted by molar-refractivity contribution is 7.92. The molecule has 1 atom stereocenters. The number of halogens is 3. The van der Waals surface area contributed by atoms with Crippen molar-refractivity contribution < 1.29 is 18.0 Å². The highest BCUT2D eigenvalue weighted by atomic mass is 35.5. The van der Waals surface area contributed by atoms with Crippen LogP contribution in [-0.4, -0.2) is 44.3 Å². The normalized spacial score (nSPS) is 12.1. The lowest BCUT2D eigenvalue weighted by atomic mass is 10.1. The van der Waals surface area contributed by atoms with Crippen LogP contribution in [0, 0.1) is 13.8 Å². The number of aryl methyl sites for hydroxylation is 1. The quantitative estimate of drug-likeness (QED) is 0.237. The molecule has 41 heavy (non-hydrogen) atoms. The predicted octanol–water partition coefficient (Wildman–Crippen LogP) is 6.79. The Hall–Kier alpha value is -2.78. The minimum absolute atomic E-state index is 0.0234. The number of nitrogens with zero attached hydrogens (tertiary/aromatic N) is 2. The molecule has 0 aliphatic carbocycles. The van der Waals surface area contributed by atoms with Gasteiger partial charge >= 0.3 is 0 Å². The molecule has 0 radical (unpaired) electrons. The van der Waals surface area contributed by atoms with Crippen LogP contribution in [0.3, 0.4) is 0 Å². The molecule has 2 amide bonds. The molecular formula is C30H34Cl3N3O4S. The maximum Gasteiger partial charge on any atom is 0.264 e. The lowest BCUT2D eigenvalue weighted by molar-refractivity contribution is -0.140. The van der Waals surface area contributed by atoms with E-state index < -0.39 is 28.5 Å². The molecule has 0 saturated carbocycles. The van der Waals surface area contributed by atoms with E-state index in [2.05, 4.69) is 5.32 Å². The van der Waals surface area contributed by atoms with Crippen molar-refractivity contribution in [3.63, 3.8) is 0 Å². The van der Waals surface area contributed by atoms with Crippen LogP contribution in [0.25, 0.3) is 0 Å². The Bertz CT molecular complexity index is 1500. The number of amides is 2. The lowest BCUT2D eigenvalue weighted by Crippen LogP contribution is -2.52. The van der Waals surface area contributed by atoms with Gasteiger partial charge in [-0.2, -0.15) is 0 Å². The minimum atomic E-state index is -4.21. The first-order valence-corrected chi connectivity index (χ1v) is 15.8. The molecule has 0 aromatic heterocycles. The monoisotopic (exact) mass is 637 g/mol. The molecule has 0 fully saturated rings. The van der Waals surface area contributed by atoms with Gasteiger partial charge in [0, 0.05) is 28.2 Å². The summed E-state index contributed by atoms with van der Waals surface area (Å²) in [5, 5.41) is 3.97. The van der Waals surface area contributed by atoms with E-state index in [9.17, 15) is 18.0 Å². The average Bonchev–Trinajstić information content (AvgIpc) is 2.93. The topological polar surface area (TPSA) is 86.8 Å². The zero-order valence-corrected chi connectivity index (χ0v) is 26.5. The van der Waals surface area contributed by atoms with Gasteiger partial charge in [0.25, 0.3) is 10.0 Å². The summed E-state index contributed by atoms with van der Waals surface area (Å²) in [6.45, 7) is 7.11. The van der Waals surface area contributed by atoms with Crippen LogP contribution in [0.5, 0.6) is 0 Å². The standard InChI is InChI=1S/C30H34Cl3N3O4S/c1-5-16-34-30(38)27(6-2)35(18-22-12-13-23(31)17-26(22)33)29(37)19-36(28-9-7-8-25(32)21(28)4)41(39,40)24-14-10-20(3)11-15-24/h7-15,17,27H,5-6,16,18-19H2,1-4H3,(H,34,38)/t27-/m0/s1. The molecule has 7 nitrogen and oxygen atoms in total.